The molecule has 0 radical (unpaired) electrons. The van der Waals surface area contributed by atoms with E-state index in [9.17, 15) is 8.78 Å². The third kappa shape index (κ3) is 5.34. The lowest BCUT2D eigenvalue weighted by molar-refractivity contribution is 0.0175. The number of ether oxygens (including phenoxy) is 1. The van der Waals surface area contributed by atoms with Gasteiger partial charge in [0, 0.05) is 24.9 Å². The van der Waals surface area contributed by atoms with Crippen LogP contribution in [0.15, 0.2) is 51.2 Å². The number of hydrogen-bond donors (Lipinski definition) is 1. The fourth-order valence-corrected chi connectivity index (χ4v) is 1.83. The van der Waals surface area contributed by atoms with Gasteiger partial charge in [-0.2, -0.15) is 5.10 Å². The Kier molecular flexibility index (Phi) is 5.91. The van der Waals surface area contributed by atoms with E-state index in [-0.39, 0.29) is 18.2 Å². The van der Waals surface area contributed by atoms with Crippen LogP contribution in [0.4, 0.5) is 14.5 Å². The van der Waals surface area contributed by atoms with Crippen LogP contribution < -0.4 is 10.6 Å². The summed E-state index contributed by atoms with van der Waals surface area (Å²) in [5.41, 5.74) is 0.535. The summed E-state index contributed by atoms with van der Waals surface area (Å²) in [6.45, 7) is 0.819. The summed E-state index contributed by atoms with van der Waals surface area (Å²) in [7, 11) is 0. The molecule has 1 heterocycles. The molecule has 0 aliphatic rings. The smallest absolute Gasteiger partial charge is 0.316 e. The Balaban J connectivity index is 2.02. The lowest BCUT2D eigenvalue weighted by Gasteiger charge is -2.10. The molecule has 0 saturated carbocycles. The van der Waals surface area contributed by atoms with Crippen molar-refractivity contribution in [2.24, 2.45) is 15.9 Å². The predicted octanol–water partition coefficient (Wildman–Crippen LogP) is 3.45. The number of nitrogens with two attached hydrogens (primary N) is 1. The molecule has 1 aromatic carbocycles. The van der Waals surface area contributed by atoms with Crippen molar-refractivity contribution in [2.45, 2.75) is 12.8 Å². The molecule has 0 atom stereocenters. The zero-order valence-electron chi connectivity index (χ0n) is 12.7. The van der Waals surface area contributed by atoms with Gasteiger partial charge in [0.1, 0.15) is 12.3 Å². The van der Waals surface area contributed by atoms with Gasteiger partial charge in [0.25, 0.3) is 5.92 Å². The van der Waals surface area contributed by atoms with Crippen LogP contribution in [0.25, 0.3) is 0 Å². The first-order valence-electron chi connectivity index (χ1n) is 6.78. The van der Waals surface area contributed by atoms with Crippen molar-refractivity contribution in [1.82, 2.24) is 9.97 Å². The van der Waals surface area contributed by atoms with Crippen molar-refractivity contribution in [1.29, 1.82) is 0 Å². The fraction of sp³-hybridized carbons (Fsp3) is 0.200. The van der Waals surface area contributed by atoms with Crippen molar-refractivity contribution in [3.05, 3.63) is 46.7 Å². The van der Waals surface area contributed by atoms with Gasteiger partial charge in [-0.25, -0.2) is 18.7 Å². The first-order chi connectivity index (χ1) is 11.4. The van der Waals surface area contributed by atoms with Crippen LogP contribution in [-0.2, 0) is 5.92 Å². The average molecular weight is 398 g/mol. The number of hydrogen-bond acceptors (Lipinski definition) is 6. The molecule has 2 aromatic rings. The van der Waals surface area contributed by atoms with Crippen LogP contribution in [0, 0.1) is 0 Å². The first-order valence-corrected chi connectivity index (χ1v) is 7.57. The highest BCUT2D eigenvalue weighted by molar-refractivity contribution is 9.10. The monoisotopic (exact) mass is 397 g/mol. The summed E-state index contributed by atoms with van der Waals surface area (Å²) in [6.07, 6.45) is 4.41. The summed E-state index contributed by atoms with van der Waals surface area (Å²) in [5, 5.41) is 3.54. The van der Waals surface area contributed by atoms with Crippen molar-refractivity contribution >= 4 is 33.5 Å². The molecular weight excluding hydrogens is 384 g/mol. The summed E-state index contributed by atoms with van der Waals surface area (Å²) >= 11 is 3.21. The minimum atomic E-state index is -2.93. The third-order valence-electron chi connectivity index (χ3n) is 2.83. The molecule has 126 valence electrons. The molecule has 0 fully saturated rings. The molecule has 1 aromatic heterocycles. The second kappa shape index (κ2) is 7.91. The molecule has 24 heavy (non-hydrogen) atoms. The zero-order chi connectivity index (χ0) is 17.6. The molecule has 6 nitrogen and oxygen atoms in total. The number of alkyl halides is 2. The highest BCUT2D eigenvalue weighted by atomic mass is 79.9. The van der Waals surface area contributed by atoms with Gasteiger partial charge in [0.15, 0.2) is 0 Å². The molecule has 0 bridgehead atoms. The Morgan fingerprint density at radius 2 is 2.08 bits per heavy atom. The first kappa shape index (κ1) is 17.9. The maximum absolute atomic E-state index is 13.3. The predicted molar refractivity (Wildman–Crippen MR) is 91.0 cm³/mol. The number of nitrogens with zero attached hydrogens (tertiary/aromatic N) is 4. The van der Waals surface area contributed by atoms with Crippen LogP contribution in [0.1, 0.15) is 12.5 Å². The van der Waals surface area contributed by atoms with E-state index < -0.39 is 5.92 Å². The lowest BCUT2D eigenvalue weighted by Crippen LogP contribution is -2.16. The maximum atomic E-state index is 13.3. The highest BCUT2D eigenvalue weighted by Crippen LogP contribution is 2.29. The minimum Gasteiger partial charge on any atom is -0.457 e. The summed E-state index contributed by atoms with van der Waals surface area (Å²) in [6, 6.07) is 5.89. The van der Waals surface area contributed by atoms with Crippen LogP contribution in [-0.4, -0.2) is 28.5 Å². The van der Waals surface area contributed by atoms with Gasteiger partial charge in [-0.15, -0.1) is 0 Å². The van der Waals surface area contributed by atoms with E-state index in [0.717, 1.165) is 11.4 Å². The molecule has 0 unspecified atom stereocenters. The van der Waals surface area contributed by atoms with Crippen LogP contribution in [0.3, 0.4) is 0 Å². The van der Waals surface area contributed by atoms with Crippen LogP contribution in [0.2, 0.25) is 0 Å². The highest BCUT2D eigenvalue weighted by Gasteiger charge is 2.23. The standard InChI is InChI=1S/C15H14BrF2N5O/c1-15(17,18)10-3-2-4-12(5-10)20-8-13(23-19)9-24-14-21-6-11(16)7-22-14/h2-8H,9,19H2,1H3. The normalized spacial score (nSPS) is 12.6. The van der Waals surface area contributed by atoms with E-state index in [1.807, 2.05) is 0 Å². The number of halogens is 3. The molecule has 2 N–H and O–H groups in total. The van der Waals surface area contributed by atoms with Crippen molar-refractivity contribution in [3.8, 4) is 6.01 Å². The average Bonchev–Trinajstić information content (AvgIpc) is 2.56. The topological polar surface area (TPSA) is 85.8 Å². The molecule has 0 saturated heterocycles. The number of aliphatic imine (C=N–C) groups is 1. The number of benzene rings is 1. The SMILES string of the molecule is CC(F)(F)c1cccc(N=CC(COc2ncc(Br)cn2)=NN)c1. The molecule has 9 heteroatoms. The largest absolute Gasteiger partial charge is 0.457 e. The van der Waals surface area contributed by atoms with Gasteiger partial charge in [0.2, 0.25) is 0 Å². The number of hydrazone groups is 1. The van der Waals surface area contributed by atoms with Crippen molar-refractivity contribution < 1.29 is 13.5 Å². The van der Waals surface area contributed by atoms with Crippen molar-refractivity contribution in [2.75, 3.05) is 6.61 Å². The van der Waals surface area contributed by atoms with Gasteiger partial charge in [-0.3, -0.25) is 4.99 Å². The molecule has 0 spiro atoms. The van der Waals surface area contributed by atoms with Gasteiger partial charge in [-0.1, -0.05) is 12.1 Å². The third-order valence-corrected chi connectivity index (χ3v) is 3.24. The number of rotatable bonds is 6. The second-order valence-corrected chi connectivity index (χ2v) is 5.71. The Hall–Kier alpha value is -2.42. The Morgan fingerprint density at radius 3 is 2.71 bits per heavy atom. The maximum Gasteiger partial charge on any atom is 0.316 e. The molecular formula is C15H14BrF2N5O. The lowest BCUT2D eigenvalue weighted by atomic mass is 10.1. The van der Waals surface area contributed by atoms with Gasteiger partial charge in [-0.05, 0) is 28.1 Å². The van der Waals surface area contributed by atoms with Gasteiger partial charge in [0.05, 0.1) is 16.4 Å². The van der Waals surface area contributed by atoms with Gasteiger partial charge < -0.3 is 10.6 Å². The molecule has 2 rings (SSSR count). The molecule has 0 aliphatic carbocycles. The molecule has 0 amide bonds. The Labute approximate surface area is 145 Å². The Morgan fingerprint density at radius 1 is 1.38 bits per heavy atom. The van der Waals surface area contributed by atoms with Crippen molar-refractivity contribution in [3.63, 3.8) is 0 Å². The van der Waals surface area contributed by atoms with Gasteiger partial charge >= 0.3 is 6.01 Å². The summed E-state index contributed by atoms with van der Waals surface area (Å²) in [5.74, 6) is 2.34. The van der Waals surface area contributed by atoms with Crippen LogP contribution in [0.5, 0.6) is 6.01 Å². The van der Waals surface area contributed by atoms with Crippen LogP contribution >= 0.6 is 15.9 Å². The number of aromatic nitrogens is 2. The van der Waals surface area contributed by atoms with E-state index in [0.29, 0.717) is 11.4 Å². The quantitative estimate of drug-likeness (QED) is 0.459. The second-order valence-electron chi connectivity index (χ2n) is 4.79. The summed E-state index contributed by atoms with van der Waals surface area (Å²) in [4.78, 5) is 12.0. The van der Waals surface area contributed by atoms with E-state index in [1.54, 1.807) is 6.07 Å². The van der Waals surface area contributed by atoms with E-state index >= 15 is 0 Å². The minimum absolute atomic E-state index is 0.00867. The van der Waals surface area contributed by atoms with E-state index in [1.165, 1.54) is 36.8 Å². The summed E-state index contributed by atoms with van der Waals surface area (Å²) < 4.78 is 32.6. The van der Waals surface area contributed by atoms with E-state index in [2.05, 4.69) is 36.0 Å². The fourth-order valence-electron chi connectivity index (χ4n) is 1.63. The zero-order valence-corrected chi connectivity index (χ0v) is 14.2. The Bertz CT molecular complexity index is 744. The van der Waals surface area contributed by atoms with E-state index in [4.69, 9.17) is 10.6 Å². The molecule has 0 aliphatic heterocycles.